The van der Waals surface area contributed by atoms with E-state index in [-0.39, 0.29) is 16.2 Å². The van der Waals surface area contributed by atoms with Crippen LogP contribution in [0, 0.1) is 0 Å². The van der Waals surface area contributed by atoms with Crippen molar-refractivity contribution in [3.8, 4) is 5.75 Å². The van der Waals surface area contributed by atoms with Crippen molar-refractivity contribution in [2.45, 2.75) is 30.2 Å². The van der Waals surface area contributed by atoms with Crippen LogP contribution >= 0.6 is 0 Å². The average Bonchev–Trinajstić information content (AvgIpc) is 3.04. The monoisotopic (exact) mass is 285 g/mol. The molecule has 7 heteroatoms. The third-order valence-corrected chi connectivity index (χ3v) is 4.76. The topological polar surface area (TPSA) is 92.7 Å². The number of ether oxygens (including phenoxy) is 1. The van der Waals surface area contributed by atoms with Gasteiger partial charge in [-0.15, -0.1) is 0 Å². The first-order valence-electron chi connectivity index (χ1n) is 5.73. The predicted molar refractivity (Wildman–Crippen MR) is 67.9 cm³/mol. The Balaban J connectivity index is 2.41. The minimum atomic E-state index is -3.71. The van der Waals surface area contributed by atoms with Gasteiger partial charge in [-0.2, -0.15) is 0 Å². The fourth-order valence-electron chi connectivity index (χ4n) is 1.69. The molecule has 19 heavy (non-hydrogen) atoms. The zero-order valence-electron chi connectivity index (χ0n) is 10.6. The van der Waals surface area contributed by atoms with Gasteiger partial charge in [0.1, 0.15) is 10.6 Å². The lowest BCUT2D eigenvalue weighted by Gasteiger charge is -2.14. The predicted octanol–water partition coefficient (Wildman–Crippen LogP) is 1.22. The fourth-order valence-corrected chi connectivity index (χ4v) is 3.31. The van der Waals surface area contributed by atoms with E-state index in [2.05, 4.69) is 4.72 Å². The largest absolute Gasteiger partial charge is 0.495 e. The number of hydrogen-bond acceptors (Lipinski definition) is 4. The highest BCUT2D eigenvalue weighted by Crippen LogP contribution is 2.37. The number of carboxylic acids is 1. The molecule has 2 N–H and O–H groups in total. The molecule has 0 saturated heterocycles. The Morgan fingerprint density at radius 2 is 2.05 bits per heavy atom. The van der Waals surface area contributed by atoms with Crippen LogP contribution in [-0.4, -0.2) is 32.1 Å². The summed E-state index contributed by atoms with van der Waals surface area (Å²) >= 11 is 0. The van der Waals surface area contributed by atoms with Crippen LogP contribution in [0.4, 0.5) is 0 Å². The Labute approximate surface area is 111 Å². The van der Waals surface area contributed by atoms with Gasteiger partial charge in [0.15, 0.2) is 0 Å². The summed E-state index contributed by atoms with van der Waals surface area (Å²) in [6.45, 7) is 1.82. The Hall–Kier alpha value is -1.60. The molecule has 0 amide bonds. The fraction of sp³-hybridized carbons (Fsp3) is 0.417. The maximum absolute atomic E-state index is 12.2. The smallest absolute Gasteiger partial charge is 0.335 e. The SMILES string of the molecule is COc1cc(C(=O)O)ccc1S(=O)(=O)NC1(C)CC1. The molecule has 0 aliphatic heterocycles. The number of carboxylic acid groups (broad SMARTS) is 1. The van der Waals surface area contributed by atoms with Gasteiger partial charge < -0.3 is 9.84 Å². The summed E-state index contributed by atoms with van der Waals surface area (Å²) in [5, 5.41) is 8.87. The highest BCUT2D eigenvalue weighted by Gasteiger charge is 2.41. The zero-order chi connectivity index (χ0) is 14.3. The number of carbonyl (C=O) groups is 1. The van der Waals surface area contributed by atoms with Crippen LogP contribution in [0.1, 0.15) is 30.1 Å². The van der Waals surface area contributed by atoms with Gasteiger partial charge in [-0.1, -0.05) is 0 Å². The second-order valence-corrected chi connectivity index (χ2v) is 6.49. The van der Waals surface area contributed by atoms with E-state index in [9.17, 15) is 13.2 Å². The van der Waals surface area contributed by atoms with E-state index in [1.54, 1.807) is 0 Å². The molecule has 1 saturated carbocycles. The number of methoxy groups -OCH3 is 1. The summed E-state index contributed by atoms with van der Waals surface area (Å²) in [6, 6.07) is 3.69. The Morgan fingerprint density at radius 3 is 2.53 bits per heavy atom. The standard InChI is InChI=1S/C12H15NO5S/c1-12(5-6-12)13-19(16,17)10-4-3-8(11(14)15)7-9(10)18-2/h3-4,7,13H,5-6H2,1-2H3,(H,14,15). The summed E-state index contributed by atoms with van der Waals surface area (Å²) in [5.41, 5.74) is -0.414. The summed E-state index contributed by atoms with van der Waals surface area (Å²) in [4.78, 5) is 10.8. The van der Waals surface area contributed by atoms with Crippen LogP contribution in [-0.2, 0) is 10.0 Å². The molecule has 0 unspecified atom stereocenters. The van der Waals surface area contributed by atoms with Crippen molar-refractivity contribution in [1.29, 1.82) is 0 Å². The van der Waals surface area contributed by atoms with E-state index < -0.39 is 21.5 Å². The van der Waals surface area contributed by atoms with Crippen LogP contribution in [0.15, 0.2) is 23.1 Å². The molecule has 2 rings (SSSR count). The molecule has 6 nitrogen and oxygen atoms in total. The van der Waals surface area contributed by atoms with E-state index in [1.165, 1.54) is 25.3 Å². The summed E-state index contributed by atoms with van der Waals surface area (Å²) in [5.74, 6) is -1.11. The van der Waals surface area contributed by atoms with Crippen LogP contribution in [0.25, 0.3) is 0 Å². The first kappa shape index (κ1) is 13.8. The second kappa shape index (κ2) is 4.50. The minimum Gasteiger partial charge on any atom is -0.495 e. The van der Waals surface area contributed by atoms with Crippen molar-refractivity contribution in [1.82, 2.24) is 4.72 Å². The third kappa shape index (κ3) is 2.87. The molecule has 1 fully saturated rings. The van der Waals surface area contributed by atoms with Crippen LogP contribution < -0.4 is 9.46 Å². The van der Waals surface area contributed by atoms with Gasteiger partial charge in [0.2, 0.25) is 10.0 Å². The zero-order valence-corrected chi connectivity index (χ0v) is 11.5. The lowest BCUT2D eigenvalue weighted by Crippen LogP contribution is -2.34. The van der Waals surface area contributed by atoms with E-state index in [4.69, 9.17) is 9.84 Å². The number of benzene rings is 1. The summed E-state index contributed by atoms with van der Waals surface area (Å²) in [6.07, 6.45) is 1.59. The van der Waals surface area contributed by atoms with Crippen molar-refractivity contribution in [2.75, 3.05) is 7.11 Å². The Kier molecular flexibility index (Phi) is 3.27. The number of rotatable bonds is 5. The molecule has 0 heterocycles. The summed E-state index contributed by atoms with van der Waals surface area (Å²) < 4.78 is 32.0. The highest BCUT2D eigenvalue weighted by molar-refractivity contribution is 7.89. The van der Waals surface area contributed by atoms with Crippen molar-refractivity contribution in [3.05, 3.63) is 23.8 Å². The normalized spacial score (nSPS) is 16.9. The Bertz CT molecular complexity index is 619. The van der Waals surface area contributed by atoms with Gasteiger partial charge in [0.25, 0.3) is 0 Å². The van der Waals surface area contributed by atoms with Crippen LogP contribution in [0.2, 0.25) is 0 Å². The van der Waals surface area contributed by atoms with Crippen molar-refractivity contribution < 1.29 is 23.1 Å². The van der Waals surface area contributed by atoms with Crippen molar-refractivity contribution >= 4 is 16.0 Å². The molecular weight excluding hydrogens is 270 g/mol. The molecule has 0 atom stereocenters. The molecule has 1 aromatic rings. The van der Waals surface area contributed by atoms with E-state index in [0.717, 1.165) is 12.8 Å². The highest BCUT2D eigenvalue weighted by atomic mass is 32.2. The quantitative estimate of drug-likeness (QED) is 0.848. The third-order valence-electron chi connectivity index (χ3n) is 3.08. The lowest BCUT2D eigenvalue weighted by molar-refractivity contribution is 0.0696. The lowest BCUT2D eigenvalue weighted by atomic mass is 10.2. The molecule has 0 bridgehead atoms. The Morgan fingerprint density at radius 1 is 1.42 bits per heavy atom. The van der Waals surface area contributed by atoms with E-state index in [1.807, 2.05) is 6.92 Å². The first-order chi connectivity index (χ1) is 8.77. The van der Waals surface area contributed by atoms with Gasteiger partial charge in [-0.05, 0) is 38.0 Å². The maximum Gasteiger partial charge on any atom is 0.335 e. The second-order valence-electron chi connectivity index (χ2n) is 4.84. The number of hydrogen-bond donors (Lipinski definition) is 2. The minimum absolute atomic E-state index is 0.0200. The van der Waals surface area contributed by atoms with Gasteiger partial charge in [0.05, 0.1) is 12.7 Å². The van der Waals surface area contributed by atoms with Gasteiger partial charge in [0, 0.05) is 5.54 Å². The van der Waals surface area contributed by atoms with Crippen LogP contribution in [0.3, 0.4) is 0 Å². The van der Waals surface area contributed by atoms with Crippen molar-refractivity contribution in [2.24, 2.45) is 0 Å². The molecule has 1 aliphatic carbocycles. The molecule has 1 aliphatic rings. The van der Waals surface area contributed by atoms with Gasteiger partial charge >= 0.3 is 5.97 Å². The van der Waals surface area contributed by atoms with Gasteiger partial charge in [-0.25, -0.2) is 17.9 Å². The molecule has 0 radical (unpaired) electrons. The molecule has 1 aromatic carbocycles. The number of nitrogens with one attached hydrogen (secondary N) is 1. The van der Waals surface area contributed by atoms with E-state index in [0.29, 0.717) is 0 Å². The van der Waals surface area contributed by atoms with Crippen molar-refractivity contribution in [3.63, 3.8) is 0 Å². The number of aromatic carboxylic acids is 1. The maximum atomic E-state index is 12.2. The first-order valence-corrected chi connectivity index (χ1v) is 7.21. The number of sulfonamides is 1. The molecule has 0 aromatic heterocycles. The van der Waals surface area contributed by atoms with E-state index >= 15 is 0 Å². The molecular formula is C12H15NO5S. The summed E-state index contributed by atoms with van der Waals surface area (Å²) in [7, 11) is -2.40. The molecule has 104 valence electrons. The molecule has 0 spiro atoms. The average molecular weight is 285 g/mol. The van der Waals surface area contributed by atoms with Gasteiger partial charge in [-0.3, -0.25) is 0 Å². The van der Waals surface area contributed by atoms with Crippen LogP contribution in [0.5, 0.6) is 5.75 Å².